The molecule has 0 spiro atoms. The van der Waals surface area contributed by atoms with Crippen LogP contribution in [0.3, 0.4) is 0 Å². The number of aliphatic hydroxyl groups excluding tert-OH is 1. The summed E-state index contributed by atoms with van der Waals surface area (Å²) >= 11 is 0. The molecule has 3 rings (SSSR count). The van der Waals surface area contributed by atoms with Crippen LogP contribution in [0.1, 0.15) is 23.5 Å². The first-order chi connectivity index (χ1) is 14.1. The van der Waals surface area contributed by atoms with Gasteiger partial charge in [-0.3, -0.25) is 4.79 Å². The Morgan fingerprint density at radius 2 is 1.90 bits per heavy atom. The standard InChI is InChI=1S/C22H26N2O5/c1-28-20-9-5-7-15(21(20)29-2)17(13-24-19(10-11-25)22(26)27)16-12-23-18-8-4-3-6-14(16)18/h3-9,12,17,19,23-25H,10-11,13H2,1-2H3,(H,26,27)/t17-,19+/m1/s1. The van der Waals surface area contributed by atoms with Gasteiger partial charge in [0.1, 0.15) is 6.04 Å². The number of benzene rings is 2. The van der Waals surface area contributed by atoms with E-state index in [1.54, 1.807) is 14.2 Å². The third kappa shape index (κ3) is 4.36. The highest BCUT2D eigenvalue weighted by Gasteiger charge is 2.26. The third-order valence-electron chi connectivity index (χ3n) is 5.09. The summed E-state index contributed by atoms with van der Waals surface area (Å²) in [7, 11) is 3.18. The minimum atomic E-state index is -0.991. The number of H-pyrrole nitrogens is 1. The van der Waals surface area contributed by atoms with Gasteiger partial charge in [0.2, 0.25) is 0 Å². The molecule has 0 unspecified atom stereocenters. The summed E-state index contributed by atoms with van der Waals surface area (Å²) in [6.07, 6.45) is 2.07. The van der Waals surface area contributed by atoms with Crippen LogP contribution in [0, 0.1) is 0 Å². The number of nitrogens with one attached hydrogen (secondary N) is 2. The van der Waals surface area contributed by atoms with Crippen LogP contribution >= 0.6 is 0 Å². The van der Waals surface area contributed by atoms with Crippen molar-refractivity contribution < 1.29 is 24.5 Å². The molecule has 7 nitrogen and oxygen atoms in total. The fourth-order valence-corrected chi connectivity index (χ4v) is 3.66. The number of aliphatic carboxylic acids is 1. The smallest absolute Gasteiger partial charge is 0.320 e. The summed E-state index contributed by atoms with van der Waals surface area (Å²) in [6.45, 7) is 0.145. The number of aromatic amines is 1. The van der Waals surface area contributed by atoms with Crippen LogP contribution in [-0.2, 0) is 4.79 Å². The molecule has 154 valence electrons. The number of hydrogen-bond acceptors (Lipinski definition) is 5. The van der Waals surface area contributed by atoms with Crippen molar-refractivity contribution in [2.24, 2.45) is 0 Å². The molecule has 0 saturated heterocycles. The lowest BCUT2D eigenvalue weighted by Crippen LogP contribution is -2.39. The van der Waals surface area contributed by atoms with E-state index in [4.69, 9.17) is 9.47 Å². The van der Waals surface area contributed by atoms with Gasteiger partial charge in [0.05, 0.1) is 14.2 Å². The molecule has 3 aromatic rings. The van der Waals surface area contributed by atoms with E-state index >= 15 is 0 Å². The maximum absolute atomic E-state index is 11.5. The van der Waals surface area contributed by atoms with Crippen LogP contribution in [0.4, 0.5) is 0 Å². The van der Waals surface area contributed by atoms with Crippen LogP contribution in [0.15, 0.2) is 48.7 Å². The Balaban J connectivity index is 2.06. The number of aliphatic hydroxyl groups is 1. The Hall–Kier alpha value is -3.03. The van der Waals surface area contributed by atoms with Crippen molar-refractivity contribution in [3.63, 3.8) is 0 Å². The van der Waals surface area contributed by atoms with Crippen molar-refractivity contribution in [3.8, 4) is 11.5 Å². The Kier molecular flexibility index (Phi) is 6.74. The molecule has 1 heterocycles. The molecule has 29 heavy (non-hydrogen) atoms. The highest BCUT2D eigenvalue weighted by Crippen LogP contribution is 2.40. The molecule has 0 amide bonds. The van der Waals surface area contributed by atoms with Crippen LogP contribution in [0.5, 0.6) is 11.5 Å². The first kappa shape index (κ1) is 20.7. The molecule has 0 bridgehead atoms. The molecular formula is C22H26N2O5. The van der Waals surface area contributed by atoms with Gasteiger partial charge in [0, 0.05) is 41.7 Å². The third-order valence-corrected chi connectivity index (χ3v) is 5.09. The van der Waals surface area contributed by atoms with Gasteiger partial charge in [-0.1, -0.05) is 30.3 Å². The van der Waals surface area contributed by atoms with Gasteiger partial charge >= 0.3 is 5.97 Å². The fraction of sp³-hybridized carbons (Fsp3) is 0.318. The van der Waals surface area contributed by atoms with Crippen molar-refractivity contribution >= 4 is 16.9 Å². The van der Waals surface area contributed by atoms with E-state index in [1.807, 2.05) is 48.7 Å². The van der Waals surface area contributed by atoms with Crippen molar-refractivity contribution in [3.05, 3.63) is 59.8 Å². The second-order valence-electron chi connectivity index (χ2n) is 6.74. The molecule has 0 fully saturated rings. The summed E-state index contributed by atoms with van der Waals surface area (Å²) in [4.78, 5) is 14.8. The molecule has 2 aromatic carbocycles. The number of carboxylic acid groups (broad SMARTS) is 1. The van der Waals surface area contributed by atoms with Crippen LogP contribution < -0.4 is 14.8 Å². The Labute approximate surface area is 169 Å². The maximum atomic E-state index is 11.5. The zero-order valence-electron chi connectivity index (χ0n) is 16.5. The van der Waals surface area contributed by atoms with Crippen molar-refractivity contribution in [2.75, 3.05) is 27.4 Å². The number of aromatic nitrogens is 1. The van der Waals surface area contributed by atoms with E-state index in [9.17, 15) is 15.0 Å². The number of carboxylic acids is 1. The van der Waals surface area contributed by atoms with Crippen molar-refractivity contribution in [1.82, 2.24) is 10.3 Å². The molecule has 0 radical (unpaired) electrons. The zero-order valence-corrected chi connectivity index (χ0v) is 16.5. The number of methoxy groups -OCH3 is 2. The monoisotopic (exact) mass is 398 g/mol. The minimum Gasteiger partial charge on any atom is -0.493 e. The lowest BCUT2D eigenvalue weighted by molar-refractivity contribution is -0.139. The number of ether oxygens (including phenoxy) is 2. The summed E-state index contributed by atoms with van der Waals surface area (Å²) < 4.78 is 11.1. The fourth-order valence-electron chi connectivity index (χ4n) is 3.66. The van der Waals surface area contributed by atoms with E-state index in [0.29, 0.717) is 18.0 Å². The summed E-state index contributed by atoms with van der Waals surface area (Å²) in [5.74, 6) is 0.0344. The van der Waals surface area contributed by atoms with Crippen molar-refractivity contribution in [1.29, 1.82) is 0 Å². The van der Waals surface area contributed by atoms with Crippen molar-refractivity contribution in [2.45, 2.75) is 18.4 Å². The molecule has 0 saturated carbocycles. The minimum absolute atomic E-state index is 0.130. The molecule has 7 heteroatoms. The largest absolute Gasteiger partial charge is 0.493 e. The van der Waals surface area contributed by atoms with E-state index in [-0.39, 0.29) is 18.9 Å². The Bertz CT molecular complexity index is 969. The first-order valence-electron chi connectivity index (χ1n) is 9.44. The van der Waals surface area contributed by atoms with Gasteiger partial charge in [-0.05, 0) is 24.1 Å². The highest BCUT2D eigenvalue weighted by atomic mass is 16.5. The van der Waals surface area contributed by atoms with Gasteiger partial charge in [0.25, 0.3) is 0 Å². The first-order valence-corrected chi connectivity index (χ1v) is 9.44. The van der Waals surface area contributed by atoms with Gasteiger partial charge < -0.3 is 30.0 Å². The number of fused-ring (bicyclic) bond motifs is 1. The van der Waals surface area contributed by atoms with E-state index in [1.165, 1.54) is 0 Å². The molecule has 0 aliphatic heterocycles. The summed E-state index contributed by atoms with van der Waals surface area (Å²) in [5, 5.41) is 22.8. The predicted octanol–water partition coefficient (Wildman–Crippen LogP) is 2.74. The molecular weight excluding hydrogens is 372 g/mol. The molecule has 0 aliphatic rings. The average molecular weight is 398 g/mol. The van der Waals surface area contributed by atoms with Gasteiger partial charge in [0.15, 0.2) is 11.5 Å². The SMILES string of the molecule is COc1cccc([C@@H](CN[C@@H](CCO)C(=O)O)c2c[nH]c3ccccc23)c1OC. The van der Waals surface area contributed by atoms with Crippen LogP contribution in [0.25, 0.3) is 10.9 Å². The highest BCUT2D eigenvalue weighted by molar-refractivity contribution is 5.84. The van der Waals surface area contributed by atoms with Crippen LogP contribution in [-0.4, -0.2) is 54.6 Å². The van der Waals surface area contributed by atoms with Crippen LogP contribution in [0.2, 0.25) is 0 Å². The number of carbonyl (C=O) groups is 1. The lowest BCUT2D eigenvalue weighted by atomic mass is 9.89. The normalized spacial score (nSPS) is 13.2. The average Bonchev–Trinajstić information content (AvgIpc) is 3.16. The summed E-state index contributed by atoms with van der Waals surface area (Å²) in [6, 6.07) is 12.8. The molecule has 4 N–H and O–H groups in total. The van der Waals surface area contributed by atoms with Gasteiger partial charge in [-0.2, -0.15) is 0 Å². The number of rotatable bonds is 10. The Morgan fingerprint density at radius 1 is 1.10 bits per heavy atom. The van der Waals surface area contributed by atoms with E-state index < -0.39 is 12.0 Å². The Morgan fingerprint density at radius 3 is 2.59 bits per heavy atom. The van der Waals surface area contributed by atoms with Gasteiger partial charge in [-0.25, -0.2) is 0 Å². The quantitative estimate of drug-likeness (QED) is 0.419. The molecule has 2 atom stereocenters. The second kappa shape index (κ2) is 9.45. The maximum Gasteiger partial charge on any atom is 0.320 e. The lowest BCUT2D eigenvalue weighted by Gasteiger charge is -2.23. The summed E-state index contributed by atoms with van der Waals surface area (Å²) in [5.41, 5.74) is 2.91. The van der Waals surface area contributed by atoms with E-state index in [0.717, 1.165) is 22.0 Å². The van der Waals surface area contributed by atoms with Gasteiger partial charge in [-0.15, -0.1) is 0 Å². The zero-order chi connectivity index (χ0) is 20.8. The number of hydrogen-bond donors (Lipinski definition) is 4. The van der Waals surface area contributed by atoms with E-state index in [2.05, 4.69) is 10.3 Å². The molecule has 0 aliphatic carbocycles. The predicted molar refractivity (Wildman–Crippen MR) is 111 cm³/mol. The number of para-hydroxylation sites is 2. The molecule has 1 aromatic heterocycles. The second-order valence-corrected chi connectivity index (χ2v) is 6.74. The topological polar surface area (TPSA) is 104 Å².